The van der Waals surface area contributed by atoms with E-state index in [1.807, 2.05) is 95.0 Å². The summed E-state index contributed by atoms with van der Waals surface area (Å²) in [6.45, 7) is 25.2. The highest BCUT2D eigenvalue weighted by atomic mass is 35.5. The number of nitrogens with one attached hydrogen (secondary N) is 1. The Hall–Kier alpha value is -3.26. The van der Waals surface area contributed by atoms with Crippen LogP contribution in [0.2, 0.25) is 5.02 Å². The van der Waals surface area contributed by atoms with E-state index in [2.05, 4.69) is 54.9 Å². The number of benzene rings is 3. The van der Waals surface area contributed by atoms with Crippen LogP contribution in [0.4, 0.5) is 4.39 Å². The molecule has 3 aromatic carbocycles. The van der Waals surface area contributed by atoms with Gasteiger partial charge in [0, 0.05) is 56.2 Å². The van der Waals surface area contributed by atoms with Gasteiger partial charge in [0.05, 0.1) is 6.04 Å². The molecule has 0 saturated carbocycles. The lowest BCUT2D eigenvalue weighted by Crippen LogP contribution is -2.56. The summed E-state index contributed by atoms with van der Waals surface area (Å²) in [5.74, 6) is -0.397. The van der Waals surface area contributed by atoms with Crippen LogP contribution < -0.4 is 5.32 Å². The largest absolute Gasteiger partial charge is 0.344 e. The topological polar surface area (TPSA) is 55.9 Å². The van der Waals surface area contributed by atoms with E-state index in [-0.39, 0.29) is 29.6 Å². The predicted octanol–water partition coefficient (Wildman–Crippen LogP) is 9.96. The van der Waals surface area contributed by atoms with Crippen LogP contribution in [0.5, 0.6) is 0 Å². The second kappa shape index (κ2) is 26.5. The van der Waals surface area contributed by atoms with Crippen molar-refractivity contribution in [1.82, 2.24) is 20.0 Å². The molecule has 2 amide bonds. The molecule has 1 saturated heterocycles. The van der Waals surface area contributed by atoms with Gasteiger partial charge in [-0.1, -0.05) is 142 Å². The Morgan fingerprint density at radius 1 is 0.808 bits per heavy atom. The number of amides is 2. The zero-order valence-corrected chi connectivity index (χ0v) is 34.6. The lowest BCUT2D eigenvalue weighted by Gasteiger charge is -2.42. The van der Waals surface area contributed by atoms with Crippen LogP contribution in [0, 0.1) is 5.82 Å². The number of hydrogen-bond donors (Lipinski definition) is 1. The number of piperazine rings is 1. The Kier molecular flexibility index (Phi) is 23.8. The summed E-state index contributed by atoms with van der Waals surface area (Å²) in [6, 6.07) is 21.9. The molecule has 1 aliphatic rings. The van der Waals surface area contributed by atoms with Crippen LogP contribution >= 0.6 is 11.6 Å². The van der Waals surface area contributed by atoms with Crippen molar-refractivity contribution in [1.29, 1.82) is 0 Å². The first-order valence-corrected chi connectivity index (χ1v) is 20.2. The van der Waals surface area contributed by atoms with Crippen LogP contribution in [0.15, 0.2) is 72.8 Å². The normalized spacial score (nSPS) is 14.4. The van der Waals surface area contributed by atoms with Gasteiger partial charge in [-0.05, 0) is 60.3 Å². The van der Waals surface area contributed by atoms with E-state index in [1.165, 1.54) is 17.2 Å². The fourth-order valence-electron chi connectivity index (χ4n) is 6.57. The van der Waals surface area contributed by atoms with Crippen molar-refractivity contribution >= 4 is 23.4 Å². The monoisotopic (exact) mass is 739 g/mol. The summed E-state index contributed by atoms with van der Waals surface area (Å²) >= 11 is 6.13. The lowest BCUT2D eigenvalue weighted by atomic mass is 9.91. The maximum absolute atomic E-state index is 15.0. The quantitative estimate of drug-likeness (QED) is 0.169. The lowest BCUT2D eigenvalue weighted by molar-refractivity contribution is -0.138. The average molecular weight is 740 g/mol. The van der Waals surface area contributed by atoms with Gasteiger partial charge >= 0.3 is 0 Å². The third-order valence-corrected chi connectivity index (χ3v) is 9.49. The van der Waals surface area contributed by atoms with E-state index < -0.39 is 6.04 Å². The van der Waals surface area contributed by atoms with Gasteiger partial charge in [-0.15, -0.1) is 0 Å². The molecule has 4 rings (SSSR count). The maximum Gasteiger partial charge on any atom is 0.245 e. The molecule has 8 heteroatoms. The molecule has 0 aliphatic carbocycles. The van der Waals surface area contributed by atoms with E-state index in [9.17, 15) is 9.59 Å². The summed E-state index contributed by atoms with van der Waals surface area (Å²) in [4.78, 5) is 34.0. The average Bonchev–Trinajstić information content (AvgIpc) is 3.19. The van der Waals surface area contributed by atoms with E-state index in [4.69, 9.17) is 11.6 Å². The number of carbonyl (C=O) groups excluding carboxylic acids is 2. The molecular formula is C44H68ClFN4O2. The van der Waals surface area contributed by atoms with Crippen molar-refractivity contribution in [3.8, 4) is 0 Å². The minimum absolute atomic E-state index is 0.0266. The molecule has 1 N–H and O–H groups in total. The van der Waals surface area contributed by atoms with E-state index >= 15 is 4.39 Å². The van der Waals surface area contributed by atoms with E-state index in [0.29, 0.717) is 49.6 Å². The zero-order valence-electron chi connectivity index (χ0n) is 33.9. The van der Waals surface area contributed by atoms with Crippen molar-refractivity contribution in [2.75, 3.05) is 45.8 Å². The molecule has 1 heterocycles. The first kappa shape index (κ1) is 46.8. The number of aryl methyl sites for hydroxylation is 1. The summed E-state index contributed by atoms with van der Waals surface area (Å²) in [5.41, 5.74) is 4.08. The number of hydrogen-bond acceptors (Lipinski definition) is 4. The fourth-order valence-corrected chi connectivity index (χ4v) is 6.69. The fraction of sp³-hybridized carbons (Fsp3) is 0.545. The van der Waals surface area contributed by atoms with Gasteiger partial charge in [0.2, 0.25) is 11.8 Å². The molecule has 0 aromatic heterocycles. The van der Waals surface area contributed by atoms with Crippen LogP contribution in [0.3, 0.4) is 0 Å². The van der Waals surface area contributed by atoms with Gasteiger partial charge in [0.15, 0.2) is 0 Å². The zero-order chi connectivity index (χ0) is 39.1. The molecular weight excluding hydrogens is 671 g/mol. The minimum Gasteiger partial charge on any atom is -0.344 e. The molecule has 0 bridgehead atoms. The van der Waals surface area contributed by atoms with Crippen LogP contribution in [0.25, 0.3) is 0 Å². The molecule has 3 atom stereocenters. The van der Waals surface area contributed by atoms with Gasteiger partial charge in [0.25, 0.3) is 0 Å². The second-order valence-corrected chi connectivity index (χ2v) is 12.8. The number of nitrogens with zero attached hydrogens (tertiary/aromatic N) is 3. The summed E-state index contributed by atoms with van der Waals surface area (Å²) in [7, 11) is 0. The second-order valence-electron chi connectivity index (χ2n) is 12.4. The standard InChI is InChI=1S/C38H50ClFN4O2.3C2H6/c1-5-12-30-13-8-9-14-32(30)28(4)25-37(45)41-35(26-29-17-19-31(39)20-18-29)38(46)44-23-21-43(22-24-44)36(27-42(6-2)7-3)33-15-10-11-16-34(33)40;3*1-2/h8-11,13-20,28,35-36H,5-7,12,21-27H2,1-4H3,(H,41,45);3*1-2H3. The van der Waals surface area contributed by atoms with Gasteiger partial charge in [-0.3, -0.25) is 14.5 Å². The van der Waals surface area contributed by atoms with Gasteiger partial charge in [0.1, 0.15) is 11.9 Å². The Bertz CT molecular complexity index is 1410. The molecule has 1 fully saturated rings. The molecule has 0 spiro atoms. The molecule has 290 valence electrons. The van der Waals surface area contributed by atoms with Gasteiger partial charge in [-0.25, -0.2) is 4.39 Å². The molecule has 0 radical (unpaired) electrons. The SMILES string of the molecule is CC.CC.CC.CCCc1ccccc1C(C)CC(=O)NC(Cc1ccc(Cl)cc1)C(=O)N1CCN(C(CN(CC)CC)c2ccccc2F)CC1. The van der Waals surface area contributed by atoms with Gasteiger partial charge in [-0.2, -0.15) is 0 Å². The first-order valence-electron chi connectivity index (χ1n) is 19.8. The van der Waals surface area contributed by atoms with E-state index in [1.54, 1.807) is 6.07 Å². The highest BCUT2D eigenvalue weighted by Gasteiger charge is 2.33. The minimum atomic E-state index is -0.698. The predicted molar refractivity (Wildman–Crippen MR) is 220 cm³/mol. The Balaban J connectivity index is 0.00000214. The van der Waals surface area contributed by atoms with Crippen molar-refractivity contribution < 1.29 is 14.0 Å². The molecule has 1 aliphatic heterocycles. The number of rotatable bonds is 15. The van der Waals surface area contributed by atoms with Crippen molar-refractivity contribution in [2.45, 2.75) is 113 Å². The van der Waals surface area contributed by atoms with Gasteiger partial charge < -0.3 is 15.1 Å². The first-order chi connectivity index (χ1) is 25.2. The molecule has 52 heavy (non-hydrogen) atoms. The highest BCUT2D eigenvalue weighted by molar-refractivity contribution is 6.30. The Morgan fingerprint density at radius 3 is 1.92 bits per heavy atom. The van der Waals surface area contributed by atoms with Crippen molar-refractivity contribution in [2.24, 2.45) is 0 Å². The smallest absolute Gasteiger partial charge is 0.245 e. The molecule has 3 unspecified atom stereocenters. The number of carbonyl (C=O) groups is 2. The Morgan fingerprint density at radius 2 is 1.37 bits per heavy atom. The number of likely N-dealkylation sites (N-methyl/N-ethyl adjacent to an activating group) is 1. The Labute approximate surface area is 321 Å². The number of halogens is 2. The van der Waals surface area contributed by atoms with Crippen LogP contribution in [-0.2, 0) is 22.4 Å². The summed E-state index contributed by atoms with van der Waals surface area (Å²) in [5, 5.41) is 3.73. The molecule has 6 nitrogen and oxygen atoms in total. The molecule has 3 aromatic rings. The van der Waals surface area contributed by atoms with Crippen molar-refractivity contribution in [3.63, 3.8) is 0 Å². The third-order valence-electron chi connectivity index (χ3n) is 9.24. The maximum atomic E-state index is 15.0. The van der Waals surface area contributed by atoms with E-state index in [0.717, 1.165) is 38.0 Å². The van der Waals surface area contributed by atoms with Crippen LogP contribution in [-0.4, -0.2) is 78.4 Å². The van der Waals surface area contributed by atoms with Crippen LogP contribution in [0.1, 0.15) is 116 Å². The third kappa shape index (κ3) is 14.6. The summed E-state index contributed by atoms with van der Waals surface area (Å²) < 4.78 is 15.0. The highest BCUT2D eigenvalue weighted by Crippen LogP contribution is 2.27. The summed E-state index contributed by atoms with van der Waals surface area (Å²) in [6.07, 6.45) is 2.69. The van der Waals surface area contributed by atoms with Crippen molar-refractivity contribution in [3.05, 3.63) is 106 Å².